The molecule has 11 nitrogen and oxygen atoms in total. The molecule has 2 N–H and O–H groups in total. The van der Waals surface area contributed by atoms with E-state index in [9.17, 15) is 19.2 Å². The Balaban J connectivity index is 2.42. The predicted molar refractivity (Wildman–Crippen MR) is 222 cm³/mol. The van der Waals surface area contributed by atoms with Gasteiger partial charge in [-0.05, 0) is 63.1 Å². The van der Waals surface area contributed by atoms with Crippen molar-refractivity contribution in [3.63, 3.8) is 0 Å². The summed E-state index contributed by atoms with van der Waals surface area (Å²) in [5, 5.41) is 8.76. The van der Waals surface area contributed by atoms with Crippen molar-refractivity contribution < 1.29 is 28.7 Å². The highest BCUT2D eigenvalue weighted by Crippen LogP contribution is 2.32. The molecule has 0 aliphatic carbocycles. The number of likely N-dealkylation sites (N-methyl/N-ethyl adjacent to an activating group) is 1. The van der Waals surface area contributed by atoms with Crippen LogP contribution < -0.4 is 10.6 Å². The summed E-state index contributed by atoms with van der Waals surface area (Å²) < 4.78 is 11.4. The molecule has 55 heavy (non-hydrogen) atoms. The molecule has 0 aliphatic heterocycles. The van der Waals surface area contributed by atoms with Crippen LogP contribution >= 0.6 is 11.3 Å². The first kappa shape index (κ1) is 47.8. The molecule has 0 fully saturated rings. The molecule has 2 aromatic rings. The van der Waals surface area contributed by atoms with Gasteiger partial charge in [0.25, 0.3) is 5.91 Å². The molecule has 12 heteroatoms. The summed E-state index contributed by atoms with van der Waals surface area (Å²) in [6, 6.07) is 8.30. The molecule has 2 rings (SSSR count). The maximum absolute atomic E-state index is 14.7. The number of esters is 1. The van der Waals surface area contributed by atoms with Gasteiger partial charge in [0.05, 0.1) is 19.1 Å². The van der Waals surface area contributed by atoms with Crippen molar-refractivity contribution in [1.29, 1.82) is 0 Å². The second-order valence-corrected chi connectivity index (χ2v) is 16.6. The number of carbonyl (C=O) groups excluding carboxylic acids is 4. The van der Waals surface area contributed by atoms with Crippen LogP contribution in [0.3, 0.4) is 0 Å². The smallest absolute Gasteiger partial charge is 0.308 e. The van der Waals surface area contributed by atoms with Crippen molar-refractivity contribution in [2.75, 3.05) is 34.4 Å². The van der Waals surface area contributed by atoms with E-state index in [2.05, 4.69) is 45.3 Å². The second-order valence-electron chi connectivity index (χ2n) is 15.7. The predicted octanol–water partition coefficient (Wildman–Crippen LogP) is 7.31. The molecule has 0 spiro atoms. The van der Waals surface area contributed by atoms with Crippen molar-refractivity contribution in [1.82, 2.24) is 25.4 Å². The van der Waals surface area contributed by atoms with Crippen LogP contribution in [0, 0.1) is 23.7 Å². The quantitative estimate of drug-likeness (QED) is 0.100. The zero-order chi connectivity index (χ0) is 41.2. The molecule has 1 aromatic carbocycles. The molecular formula is C43H71N5O6S. The van der Waals surface area contributed by atoms with Crippen LogP contribution in [-0.2, 0) is 30.3 Å². The van der Waals surface area contributed by atoms with Crippen LogP contribution in [0.1, 0.15) is 128 Å². The molecule has 1 heterocycles. The maximum Gasteiger partial charge on any atom is 0.308 e. The van der Waals surface area contributed by atoms with Gasteiger partial charge in [-0.1, -0.05) is 105 Å². The number of benzene rings is 1. The van der Waals surface area contributed by atoms with Crippen LogP contribution in [0.15, 0.2) is 35.7 Å². The van der Waals surface area contributed by atoms with Crippen molar-refractivity contribution in [2.24, 2.45) is 23.7 Å². The molecule has 0 saturated heterocycles. The van der Waals surface area contributed by atoms with Crippen LogP contribution in [-0.4, -0.2) is 97.0 Å². The average molecular weight is 786 g/mol. The topological polar surface area (TPSA) is 130 Å². The van der Waals surface area contributed by atoms with Gasteiger partial charge >= 0.3 is 5.97 Å². The van der Waals surface area contributed by atoms with Gasteiger partial charge in [-0.3, -0.25) is 24.1 Å². The lowest BCUT2D eigenvalue weighted by molar-refractivity contribution is -0.145. The molecule has 310 valence electrons. The Kier molecular flexibility index (Phi) is 21.1. The third-order valence-corrected chi connectivity index (χ3v) is 11.5. The first-order valence-electron chi connectivity index (χ1n) is 20.4. The Morgan fingerprint density at radius 3 is 2.07 bits per heavy atom. The number of ether oxygens (including phenoxy) is 2. The monoisotopic (exact) mass is 786 g/mol. The van der Waals surface area contributed by atoms with E-state index < -0.39 is 18.1 Å². The average Bonchev–Trinajstić information content (AvgIpc) is 3.66. The van der Waals surface area contributed by atoms with E-state index in [0.29, 0.717) is 37.4 Å². The number of nitrogens with one attached hydrogen (secondary N) is 2. The number of aromatic nitrogens is 1. The molecule has 0 aliphatic rings. The lowest BCUT2D eigenvalue weighted by Gasteiger charge is -2.40. The number of rotatable bonds is 25. The van der Waals surface area contributed by atoms with Crippen molar-refractivity contribution in [3.05, 3.63) is 52.0 Å². The van der Waals surface area contributed by atoms with Gasteiger partial charge in [0.2, 0.25) is 11.8 Å². The third kappa shape index (κ3) is 14.6. The van der Waals surface area contributed by atoms with E-state index in [0.717, 1.165) is 31.2 Å². The Labute approximate surface area is 335 Å². The minimum absolute atomic E-state index is 0.0724. The Morgan fingerprint density at radius 2 is 1.53 bits per heavy atom. The number of thiazole rings is 1. The first-order chi connectivity index (χ1) is 26.1. The molecule has 0 bridgehead atoms. The summed E-state index contributed by atoms with van der Waals surface area (Å²) in [7, 11) is 5.19. The van der Waals surface area contributed by atoms with E-state index in [-0.39, 0.29) is 65.3 Å². The van der Waals surface area contributed by atoms with Crippen molar-refractivity contribution in [2.45, 2.75) is 138 Å². The molecule has 1 aromatic heterocycles. The van der Waals surface area contributed by atoms with Gasteiger partial charge in [-0.25, -0.2) is 4.98 Å². The van der Waals surface area contributed by atoms with Crippen LogP contribution in [0.2, 0.25) is 0 Å². The summed E-state index contributed by atoms with van der Waals surface area (Å²) in [6.45, 7) is 19.4. The maximum atomic E-state index is 14.7. The Morgan fingerprint density at radius 1 is 0.873 bits per heavy atom. The highest BCUT2D eigenvalue weighted by atomic mass is 32.1. The summed E-state index contributed by atoms with van der Waals surface area (Å²) in [5.41, 5.74) is 1.33. The summed E-state index contributed by atoms with van der Waals surface area (Å²) in [6.07, 6.45) is 4.13. The summed E-state index contributed by atoms with van der Waals surface area (Å²) in [4.78, 5) is 63.2. The zero-order valence-electron chi connectivity index (χ0n) is 35.7. The number of hydrogen-bond acceptors (Lipinski definition) is 9. The van der Waals surface area contributed by atoms with E-state index in [4.69, 9.17) is 14.5 Å². The Hall–Kier alpha value is -3.35. The fraction of sp³-hybridized carbons (Fsp3) is 0.698. The minimum Gasteiger partial charge on any atom is -0.469 e. The van der Waals surface area contributed by atoms with Gasteiger partial charge in [-0.2, -0.15) is 0 Å². The number of carbonyl (C=O) groups is 4. The lowest BCUT2D eigenvalue weighted by Crippen LogP contribution is -2.59. The van der Waals surface area contributed by atoms with Crippen molar-refractivity contribution in [3.8, 4) is 0 Å². The minimum atomic E-state index is -0.673. The molecular weight excluding hydrogens is 715 g/mol. The molecule has 1 unspecified atom stereocenters. The van der Waals surface area contributed by atoms with E-state index in [1.165, 1.54) is 18.4 Å². The molecule has 0 saturated carbocycles. The standard InChI is InChI=1S/C43H71N5O6S/c1-13-22-48(42(51)37(29(7)15-3)46-40(50)38(47(10)11)30(8)16-4)35(28(5)6)26-36(54-23-14-2)41-45-34(27-55-41)39(49)44-33(24-31(9)43(52)53-12)25-32-20-18-17-19-21-32/h17-21,27-31,33,35-38H,13-16,22-26H2,1-12H3,(H,44,49)(H,46,50)/t29-,30-,31-,33+,35?,36+,37-,38-/m0/s1. The van der Waals surface area contributed by atoms with Gasteiger partial charge in [0.15, 0.2) is 0 Å². The highest BCUT2D eigenvalue weighted by molar-refractivity contribution is 7.09. The summed E-state index contributed by atoms with van der Waals surface area (Å²) in [5.74, 6) is -1.13. The zero-order valence-corrected chi connectivity index (χ0v) is 36.5. The SMILES string of the molecule is CCCO[C@H](CC(C(C)C)N(CCC)C(=O)[C@@H](NC(=O)[C@H]([C@@H](C)CC)N(C)C)[C@@H](C)CC)c1nc(C(=O)N[C@@H](Cc2ccccc2)C[C@H](C)C(=O)OC)cs1. The van der Waals surface area contributed by atoms with Crippen LogP contribution in [0.5, 0.6) is 0 Å². The van der Waals surface area contributed by atoms with Gasteiger partial charge in [0, 0.05) is 37.0 Å². The first-order valence-corrected chi connectivity index (χ1v) is 21.3. The van der Waals surface area contributed by atoms with Gasteiger partial charge in [-0.15, -0.1) is 11.3 Å². The third-order valence-electron chi connectivity index (χ3n) is 10.6. The second kappa shape index (κ2) is 24.3. The molecule has 0 radical (unpaired) electrons. The fourth-order valence-corrected chi connectivity index (χ4v) is 7.96. The van der Waals surface area contributed by atoms with Gasteiger partial charge < -0.3 is 25.0 Å². The number of methoxy groups -OCH3 is 1. The van der Waals surface area contributed by atoms with E-state index in [1.54, 1.807) is 12.3 Å². The van der Waals surface area contributed by atoms with E-state index in [1.807, 2.05) is 75.0 Å². The Bertz CT molecular complexity index is 1450. The molecule has 8 atom stereocenters. The fourth-order valence-electron chi connectivity index (χ4n) is 7.10. The number of amides is 3. The van der Waals surface area contributed by atoms with Crippen LogP contribution in [0.25, 0.3) is 0 Å². The largest absolute Gasteiger partial charge is 0.469 e. The van der Waals surface area contributed by atoms with E-state index >= 15 is 0 Å². The lowest BCUT2D eigenvalue weighted by atomic mass is 9.91. The summed E-state index contributed by atoms with van der Waals surface area (Å²) >= 11 is 1.37. The molecule has 3 amide bonds. The van der Waals surface area contributed by atoms with Crippen LogP contribution in [0.4, 0.5) is 0 Å². The van der Waals surface area contributed by atoms with Gasteiger partial charge in [0.1, 0.15) is 22.8 Å². The van der Waals surface area contributed by atoms with Crippen molar-refractivity contribution >= 4 is 35.0 Å². The normalized spacial score (nSPS) is 16.0. The number of nitrogens with zero attached hydrogens (tertiary/aromatic N) is 3. The highest BCUT2D eigenvalue weighted by Gasteiger charge is 2.38. The number of hydrogen-bond donors (Lipinski definition) is 2.